The highest BCUT2D eigenvalue weighted by molar-refractivity contribution is 8.00. The molecule has 1 aromatic heterocycles. The molecule has 1 heterocycles. The normalized spacial score (nSPS) is 14.2. The number of rotatable bonds is 7. The van der Waals surface area contributed by atoms with E-state index < -0.39 is 0 Å². The zero-order chi connectivity index (χ0) is 22.4. The Morgan fingerprint density at radius 1 is 1.16 bits per heavy atom. The van der Waals surface area contributed by atoms with E-state index in [1.807, 2.05) is 25.1 Å². The highest BCUT2D eigenvalue weighted by atomic mass is 32.2. The topological polar surface area (TPSA) is 84.5 Å². The fraction of sp³-hybridized carbons (Fsp3) is 0.435. The Morgan fingerprint density at radius 2 is 1.94 bits per heavy atom. The minimum Gasteiger partial charge on any atom is -0.462 e. The lowest BCUT2D eigenvalue weighted by atomic mass is 10.1. The van der Waals surface area contributed by atoms with Crippen molar-refractivity contribution in [1.82, 2.24) is 0 Å². The maximum atomic E-state index is 12.9. The van der Waals surface area contributed by atoms with Crippen LogP contribution in [-0.2, 0) is 27.2 Å². The van der Waals surface area contributed by atoms with Crippen LogP contribution in [-0.4, -0.2) is 29.6 Å². The highest BCUT2D eigenvalue weighted by Crippen LogP contribution is 2.38. The number of esters is 1. The van der Waals surface area contributed by atoms with Crippen molar-refractivity contribution in [3.63, 3.8) is 0 Å². The van der Waals surface area contributed by atoms with Gasteiger partial charge in [0, 0.05) is 22.4 Å². The Labute approximate surface area is 191 Å². The number of carbonyl (C=O) groups is 3. The molecule has 166 valence electrons. The molecule has 8 heteroatoms. The molecular weight excluding hydrogens is 432 g/mol. The number of carbonyl (C=O) groups excluding carboxylic acids is 3. The second-order valence-corrected chi connectivity index (χ2v) is 9.97. The summed E-state index contributed by atoms with van der Waals surface area (Å²) in [4.78, 5) is 39.0. The van der Waals surface area contributed by atoms with E-state index in [9.17, 15) is 14.4 Å². The smallest absolute Gasteiger partial charge is 0.341 e. The van der Waals surface area contributed by atoms with E-state index in [0.29, 0.717) is 22.9 Å². The van der Waals surface area contributed by atoms with Crippen LogP contribution in [0.15, 0.2) is 29.2 Å². The molecule has 1 aromatic carbocycles. The van der Waals surface area contributed by atoms with Crippen molar-refractivity contribution < 1.29 is 19.1 Å². The zero-order valence-corrected chi connectivity index (χ0v) is 19.7. The summed E-state index contributed by atoms with van der Waals surface area (Å²) in [6, 6.07) is 7.39. The predicted octanol–water partition coefficient (Wildman–Crippen LogP) is 5.27. The molecule has 0 saturated heterocycles. The third kappa shape index (κ3) is 6.11. The second kappa shape index (κ2) is 10.8. The summed E-state index contributed by atoms with van der Waals surface area (Å²) in [5, 5.41) is 5.94. The Bertz CT molecular complexity index is 970. The van der Waals surface area contributed by atoms with Gasteiger partial charge < -0.3 is 15.4 Å². The first kappa shape index (κ1) is 23.3. The summed E-state index contributed by atoms with van der Waals surface area (Å²) >= 11 is 2.90. The van der Waals surface area contributed by atoms with E-state index in [1.54, 1.807) is 13.0 Å². The van der Waals surface area contributed by atoms with Crippen LogP contribution in [0.3, 0.4) is 0 Å². The van der Waals surface area contributed by atoms with Crippen molar-refractivity contribution in [1.29, 1.82) is 0 Å². The number of amides is 2. The van der Waals surface area contributed by atoms with Crippen LogP contribution in [0.4, 0.5) is 10.7 Å². The van der Waals surface area contributed by atoms with Gasteiger partial charge in [-0.3, -0.25) is 9.59 Å². The third-order valence-electron chi connectivity index (χ3n) is 4.97. The second-order valence-electron chi connectivity index (χ2n) is 7.45. The summed E-state index contributed by atoms with van der Waals surface area (Å²) in [5.41, 5.74) is 2.26. The van der Waals surface area contributed by atoms with Gasteiger partial charge in [0.05, 0.1) is 17.4 Å². The first-order chi connectivity index (χ1) is 14.9. The van der Waals surface area contributed by atoms with Crippen LogP contribution >= 0.6 is 23.1 Å². The monoisotopic (exact) mass is 460 g/mol. The molecule has 1 aliphatic carbocycles. The molecule has 1 atom stereocenters. The number of nitrogens with one attached hydrogen (secondary N) is 2. The molecule has 6 nitrogen and oxygen atoms in total. The molecule has 2 amide bonds. The number of hydrogen-bond acceptors (Lipinski definition) is 6. The largest absolute Gasteiger partial charge is 0.462 e. The lowest BCUT2D eigenvalue weighted by Crippen LogP contribution is -2.23. The van der Waals surface area contributed by atoms with Crippen LogP contribution < -0.4 is 10.6 Å². The Balaban J connectivity index is 1.76. The fourth-order valence-corrected chi connectivity index (χ4v) is 5.78. The highest BCUT2D eigenvalue weighted by Gasteiger charge is 2.27. The molecule has 2 aromatic rings. The van der Waals surface area contributed by atoms with Gasteiger partial charge in [0.1, 0.15) is 5.00 Å². The maximum absolute atomic E-state index is 12.9. The molecule has 0 radical (unpaired) electrons. The molecule has 0 bridgehead atoms. The Hall–Kier alpha value is -2.32. The number of benzene rings is 1. The van der Waals surface area contributed by atoms with Crippen molar-refractivity contribution >= 4 is 51.6 Å². The lowest BCUT2D eigenvalue weighted by molar-refractivity contribution is -0.115. The third-order valence-corrected chi connectivity index (χ3v) is 7.28. The van der Waals surface area contributed by atoms with E-state index in [0.717, 1.165) is 42.6 Å². The summed E-state index contributed by atoms with van der Waals surface area (Å²) in [6.45, 7) is 5.37. The predicted molar refractivity (Wildman–Crippen MR) is 126 cm³/mol. The quantitative estimate of drug-likeness (QED) is 0.334. The standard InChI is InChI=1S/C23H28N2O4S2/c1-4-29-23(28)20-18-11-6-5-7-12-19(18)31-22(20)25-21(27)14(2)30-17-10-8-9-16(13-17)24-15(3)26/h8-10,13-14H,4-7,11-12H2,1-3H3,(H,24,26)(H,25,27). The average Bonchev–Trinajstić information content (AvgIpc) is 2.88. The molecule has 31 heavy (non-hydrogen) atoms. The van der Waals surface area contributed by atoms with Crippen LogP contribution in [0.2, 0.25) is 0 Å². The molecule has 1 unspecified atom stereocenters. The lowest BCUT2D eigenvalue weighted by Gasteiger charge is -2.13. The van der Waals surface area contributed by atoms with E-state index in [-0.39, 0.29) is 23.0 Å². The van der Waals surface area contributed by atoms with Gasteiger partial charge in [-0.1, -0.05) is 12.5 Å². The SMILES string of the molecule is CCOC(=O)c1c(NC(=O)C(C)Sc2cccc(NC(C)=O)c2)sc2c1CCCCC2. The van der Waals surface area contributed by atoms with Crippen molar-refractivity contribution in [2.24, 2.45) is 0 Å². The number of anilines is 2. The van der Waals surface area contributed by atoms with E-state index in [4.69, 9.17) is 4.74 Å². The molecule has 3 rings (SSSR count). The van der Waals surface area contributed by atoms with Crippen LogP contribution in [0.1, 0.15) is 60.8 Å². The number of aryl methyl sites for hydroxylation is 1. The van der Waals surface area contributed by atoms with Crippen molar-refractivity contribution in [2.45, 2.75) is 63.0 Å². The van der Waals surface area contributed by atoms with E-state index in [2.05, 4.69) is 10.6 Å². The molecular formula is C23H28N2O4S2. The summed E-state index contributed by atoms with van der Waals surface area (Å²) in [6.07, 6.45) is 5.07. The van der Waals surface area contributed by atoms with E-state index >= 15 is 0 Å². The molecule has 0 fully saturated rings. The number of thioether (sulfide) groups is 1. The summed E-state index contributed by atoms with van der Waals surface area (Å²) < 4.78 is 5.29. The van der Waals surface area contributed by atoms with Gasteiger partial charge in [-0.25, -0.2) is 4.79 Å². The summed E-state index contributed by atoms with van der Waals surface area (Å²) in [5.74, 6) is -0.672. The van der Waals surface area contributed by atoms with Gasteiger partial charge in [0.15, 0.2) is 0 Å². The number of hydrogen-bond donors (Lipinski definition) is 2. The van der Waals surface area contributed by atoms with Gasteiger partial charge in [-0.15, -0.1) is 23.1 Å². The molecule has 2 N–H and O–H groups in total. The fourth-order valence-electron chi connectivity index (χ4n) is 3.57. The number of thiophene rings is 1. The maximum Gasteiger partial charge on any atom is 0.341 e. The molecule has 0 saturated carbocycles. The number of fused-ring (bicyclic) bond motifs is 1. The minimum absolute atomic E-state index is 0.142. The van der Waals surface area contributed by atoms with Crippen LogP contribution in [0, 0.1) is 0 Å². The van der Waals surface area contributed by atoms with Gasteiger partial charge in [0.2, 0.25) is 11.8 Å². The first-order valence-corrected chi connectivity index (χ1v) is 12.3. The van der Waals surface area contributed by atoms with E-state index in [1.165, 1.54) is 34.9 Å². The van der Waals surface area contributed by atoms with Crippen LogP contribution in [0.25, 0.3) is 0 Å². The Morgan fingerprint density at radius 3 is 2.68 bits per heavy atom. The summed E-state index contributed by atoms with van der Waals surface area (Å²) in [7, 11) is 0. The van der Waals surface area contributed by atoms with Crippen molar-refractivity contribution in [3.05, 3.63) is 40.3 Å². The molecule has 1 aliphatic rings. The zero-order valence-electron chi connectivity index (χ0n) is 18.1. The van der Waals surface area contributed by atoms with Gasteiger partial charge >= 0.3 is 5.97 Å². The van der Waals surface area contributed by atoms with Crippen molar-refractivity contribution in [2.75, 3.05) is 17.2 Å². The number of ether oxygens (including phenoxy) is 1. The molecule has 0 aliphatic heterocycles. The molecule has 0 spiro atoms. The van der Waals surface area contributed by atoms with Crippen molar-refractivity contribution in [3.8, 4) is 0 Å². The minimum atomic E-state index is -0.385. The first-order valence-electron chi connectivity index (χ1n) is 10.6. The van der Waals surface area contributed by atoms with Gasteiger partial charge in [-0.2, -0.15) is 0 Å². The Kier molecular flexibility index (Phi) is 8.15. The van der Waals surface area contributed by atoms with Gasteiger partial charge in [0.25, 0.3) is 0 Å². The van der Waals surface area contributed by atoms with Gasteiger partial charge in [-0.05, 0) is 63.3 Å². The average molecular weight is 461 g/mol. The van der Waals surface area contributed by atoms with Crippen LogP contribution in [0.5, 0.6) is 0 Å².